The molecular weight excluding hydrogens is 636 g/mol. The number of aliphatic carboxylic acids is 1. The molecule has 0 saturated heterocycles. The number of carboxylic acids is 1. The van der Waals surface area contributed by atoms with E-state index in [4.69, 9.17) is 18.9 Å². The molecule has 4 N–H and O–H groups in total. The molecule has 2 rings (SSSR count). The number of amides is 2. The van der Waals surface area contributed by atoms with Crippen LogP contribution >= 0.6 is 0 Å². The second-order valence-corrected chi connectivity index (χ2v) is 17.2. The average molecular weight is 701 g/mol. The molecule has 0 bridgehead atoms. The van der Waals surface area contributed by atoms with Gasteiger partial charge in [0.1, 0.15) is 28.4 Å². The fourth-order valence-electron chi connectivity index (χ4n) is 5.80. The lowest BCUT2D eigenvalue weighted by Gasteiger charge is -2.34. The van der Waals surface area contributed by atoms with E-state index in [1.807, 2.05) is 41.5 Å². The molecule has 2 aliphatic rings. The first-order valence-electron chi connectivity index (χ1n) is 17.5. The molecular formula is C36H64N2O11. The highest BCUT2D eigenvalue weighted by atomic mass is 16.6. The minimum absolute atomic E-state index is 0.0960. The predicted octanol–water partition coefficient (Wildman–Crippen LogP) is 6.13. The van der Waals surface area contributed by atoms with E-state index in [1.165, 1.54) is 0 Å². The Morgan fingerprint density at radius 2 is 0.878 bits per heavy atom. The largest absolute Gasteiger partial charge is 0.480 e. The molecule has 284 valence electrons. The number of aliphatic hydroxyl groups is 1. The smallest absolute Gasteiger partial charge is 0.408 e. The monoisotopic (exact) mass is 700 g/mol. The zero-order valence-electron chi connectivity index (χ0n) is 31.9. The van der Waals surface area contributed by atoms with Crippen molar-refractivity contribution < 1.29 is 53.1 Å². The van der Waals surface area contributed by atoms with Crippen molar-refractivity contribution in [1.82, 2.24) is 10.6 Å². The Morgan fingerprint density at radius 1 is 0.551 bits per heavy atom. The van der Waals surface area contributed by atoms with Crippen LogP contribution in [-0.4, -0.2) is 81.4 Å². The molecule has 2 atom stereocenters. The zero-order chi connectivity index (χ0) is 38.0. The van der Waals surface area contributed by atoms with E-state index >= 15 is 0 Å². The van der Waals surface area contributed by atoms with E-state index in [1.54, 1.807) is 41.5 Å². The highest BCUT2D eigenvalue weighted by Crippen LogP contribution is 2.34. The van der Waals surface area contributed by atoms with Crippen LogP contribution in [0, 0.1) is 23.7 Å². The maximum atomic E-state index is 12.1. The Balaban J connectivity index is 0.000000490. The Labute approximate surface area is 292 Å². The van der Waals surface area contributed by atoms with Crippen molar-refractivity contribution in [2.45, 2.75) is 169 Å². The van der Waals surface area contributed by atoms with Gasteiger partial charge in [0.25, 0.3) is 0 Å². The molecule has 0 spiro atoms. The lowest BCUT2D eigenvalue weighted by atomic mass is 9.78. The van der Waals surface area contributed by atoms with Gasteiger partial charge in [-0.2, -0.15) is 0 Å². The Kier molecular flexibility index (Phi) is 16.3. The van der Waals surface area contributed by atoms with Crippen molar-refractivity contribution in [2.75, 3.05) is 6.61 Å². The summed E-state index contributed by atoms with van der Waals surface area (Å²) >= 11 is 0. The van der Waals surface area contributed by atoms with Crippen LogP contribution in [0.2, 0.25) is 0 Å². The molecule has 0 aliphatic heterocycles. The number of hydrogen-bond donors (Lipinski definition) is 4. The van der Waals surface area contributed by atoms with E-state index in [-0.39, 0.29) is 48.3 Å². The van der Waals surface area contributed by atoms with E-state index in [0.717, 1.165) is 12.8 Å². The number of carboxylic acid groups (broad SMARTS) is 1. The Hall–Kier alpha value is -3.09. The van der Waals surface area contributed by atoms with Crippen LogP contribution in [0.5, 0.6) is 0 Å². The number of carbonyl (C=O) groups is 5. The van der Waals surface area contributed by atoms with Gasteiger partial charge in [-0.15, -0.1) is 0 Å². The van der Waals surface area contributed by atoms with Crippen LogP contribution < -0.4 is 10.6 Å². The number of aliphatic hydroxyl groups excluding tert-OH is 1. The lowest BCUT2D eigenvalue weighted by molar-refractivity contribution is -0.162. The van der Waals surface area contributed by atoms with Crippen LogP contribution in [0.15, 0.2) is 0 Å². The molecule has 0 heterocycles. The van der Waals surface area contributed by atoms with Crippen molar-refractivity contribution in [3.05, 3.63) is 0 Å². The third kappa shape index (κ3) is 18.5. The van der Waals surface area contributed by atoms with Gasteiger partial charge in [0, 0.05) is 0 Å². The number of carbonyl (C=O) groups excluding carboxylic acids is 4. The lowest BCUT2D eigenvalue weighted by Crippen LogP contribution is -2.48. The molecule has 0 aromatic carbocycles. The first-order valence-corrected chi connectivity index (χ1v) is 17.5. The van der Waals surface area contributed by atoms with Gasteiger partial charge in [-0.05, 0) is 146 Å². The second kappa shape index (κ2) is 18.2. The van der Waals surface area contributed by atoms with Crippen molar-refractivity contribution in [2.24, 2.45) is 23.7 Å². The quantitative estimate of drug-likeness (QED) is 0.168. The van der Waals surface area contributed by atoms with Gasteiger partial charge in [0.15, 0.2) is 0 Å². The van der Waals surface area contributed by atoms with E-state index in [9.17, 15) is 34.2 Å². The second-order valence-electron chi connectivity index (χ2n) is 17.2. The summed E-state index contributed by atoms with van der Waals surface area (Å²) in [6.07, 6.45) is 3.89. The van der Waals surface area contributed by atoms with Crippen molar-refractivity contribution in [3.63, 3.8) is 0 Å². The topological polar surface area (TPSA) is 187 Å². The molecule has 2 amide bonds. The summed E-state index contributed by atoms with van der Waals surface area (Å²) in [5.41, 5.74) is -2.27. The van der Waals surface area contributed by atoms with Gasteiger partial charge in [0.2, 0.25) is 0 Å². The van der Waals surface area contributed by atoms with E-state index < -0.39 is 46.6 Å². The van der Waals surface area contributed by atoms with Crippen LogP contribution in [0.1, 0.15) is 134 Å². The van der Waals surface area contributed by atoms with E-state index in [0.29, 0.717) is 38.5 Å². The third-order valence-electron chi connectivity index (χ3n) is 7.90. The number of alkyl carbamates (subject to hydrolysis) is 2. The highest BCUT2D eigenvalue weighted by Gasteiger charge is 2.37. The summed E-state index contributed by atoms with van der Waals surface area (Å²) < 4.78 is 21.2. The summed E-state index contributed by atoms with van der Waals surface area (Å²) in [6, 6.07) is -1.37. The number of hydrogen-bond acceptors (Lipinski definition) is 10. The maximum Gasteiger partial charge on any atom is 0.408 e. The molecule has 49 heavy (non-hydrogen) atoms. The molecule has 2 fully saturated rings. The Bertz CT molecular complexity index is 1100. The zero-order valence-corrected chi connectivity index (χ0v) is 31.9. The number of esters is 2. The SMILES string of the molecule is CC(C)(C)OC(=O)N[C@H](C(=O)O)C1CCC(C(=O)OC(C)(C)C)CC1.CC(C)(C)OC(=O)N[C@H](CO)C1CCC(C(=O)OC(C)(C)C)CC1. The first kappa shape index (κ1) is 43.9. The average Bonchev–Trinajstić information content (AvgIpc) is 2.91. The fraction of sp³-hybridized carbons (Fsp3) is 0.861. The molecule has 13 heteroatoms. The van der Waals surface area contributed by atoms with Crippen LogP contribution in [-0.2, 0) is 33.3 Å². The van der Waals surface area contributed by atoms with Gasteiger partial charge in [-0.3, -0.25) is 9.59 Å². The van der Waals surface area contributed by atoms with Crippen molar-refractivity contribution in [3.8, 4) is 0 Å². The molecule has 13 nitrogen and oxygen atoms in total. The maximum absolute atomic E-state index is 12.1. The normalized spacial score (nSPS) is 23.0. The first-order chi connectivity index (χ1) is 22.2. The minimum atomic E-state index is -1.09. The Morgan fingerprint density at radius 3 is 1.18 bits per heavy atom. The summed E-state index contributed by atoms with van der Waals surface area (Å²) in [4.78, 5) is 59.6. The number of nitrogens with one attached hydrogen (secondary N) is 2. The standard InChI is InChI=1S/C18H31NO6.C18H33NO5/c1-17(2,3)24-15(22)12-9-7-11(8-10-12)13(14(20)21)19-16(23)25-18(4,5)6;1-17(2,3)23-15(21)13-9-7-12(8-10-13)14(11-20)19-16(22)24-18(4,5)6/h11-13H,7-10H2,1-6H3,(H,19,23)(H,20,21);12-14,20H,7-11H2,1-6H3,(H,19,22)/t11?,12?,13-;12?,13?,14-/m01/s1. The molecule has 2 aliphatic carbocycles. The summed E-state index contributed by atoms with van der Waals surface area (Å²) in [5.74, 6) is -1.89. The molecule has 0 aromatic rings. The van der Waals surface area contributed by atoms with Crippen molar-refractivity contribution >= 4 is 30.1 Å². The number of ether oxygens (including phenoxy) is 4. The molecule has 2 saturated carbocycles. The fourth-order valence-corrected chi connectivity index (χ4v) is 5.80. The molecule has 0 aromatic heterocycles. The van der Waals surface area contributed by atoms with Gasteiger partial charge >= 0.3 is 30.1 Å². The summed E-state index contributed by atoms with van der Waals surface area (Å²) in [5, 5.41) is 24.2. The van der Waals surface area contributed by atoms with Crippen molar-refractivity contribution in [1.29, 1.82) is 0 Å². The predicted molar refractivity (Wildman–Crippen MR) is 184 cm³/mol. The summed E-state index contributed by atoms with van der Waals surface area (Å²) in [6.45, 7) is 21.5. The third-order valence-corrected chi connectivity index (χ3v) is 7.90. The van der Waals surface area contributed by atoms with E-state index in [2.05, 4.69) is 10.6 Å². The van der Waals surface area contributed by atoms with Crippen LogP contribution in [0.4, 0.5) is 9.59 Å². The molecule has 0 radical (unpaired) electrons. The van der Waals surface area contributed by atoms with Gasteiger partial charge in [-0.1, -0.05) is 0 Å². The van der Waals surface area contributed by atoms with Gasteiger partial charge in [0.05, 0.1) is 24.5 Å². The number of rotatable bonds is 8. The van der Waals surface area contributed by atoms with Gasteiger partial charge < -0.3 is 39.8 Å². The highest BCUT2D eigenvalue weighted by molar-refractivity contribution is 5.80. The molecule has 0 unspecified atom stereocenters. The summed E-state index contributed by atoms with van der Waals surface area (Å²) in [7, 11) is 0. The minimum Gasteiger partial charge on any atom is -0.480 e. The van der Waals surface area contributed by atoms with Crippen LogP contribution in [0.25, 0.3) is 0 Å². The van der Waals surface area contributed by atoms with Crippen LogP contribution in [0.3, 0.4) is 0 Å². The van der Waals surface area contributed by atoms with Gasteiger partial charge in [-0.25, -0.2) is 14.4 Å².